The highest BCUT2D eigenvalue weighted by molar-refractivity contribution is 5.89. The smallest absolute Gasteiger partial charge is 0.290 e. The number of nitrogens with zero attached hydrogens (tertiary/aromatic N) is 1. The summed E-state index contributed by atoms with van der Waals surface area (Å²) in [5.74, 6) is -0.0181. The molecular weight excluding hydrogens is 224 g/mol. The van der Waals surface area contributed by atoms with Crippen molar-refractivity contribution in [3.63, 3.8) is 0 Å². The number of amides is 1. The van der Waals surface area contributed by atoms with Gasteiger partial charge in [0.25, 0.3) is 5.91 Å². The van der Waals surface area contributed by atoms with E-state index in [1.807, 2.05) is 59.4 Å². The largest absolute Gasteiger partial charge is 0.321 e. The standard InChI is InChI=1S/C15H16N2O/c1-2-13-8-10-17(11-9-13)12-15(18)16-14-6-4-3-5-7-14/h3-11H,2,12H2,1H3/p+1. The number of aromatic nitrogens is 1. The van der Waals surface area contributed by atoms with Gasteiger partial charge in [0.15, 0.2) is 12.4 Å². The summed E-state index contributed by atoms with van der Waals surface area (Å²) in [5.41, 5.74) is 2.10. The number of hydrogen-bond donors (Lipinski definition) is 1. The number of carbonyl (C=O) groups is 1. The molecule has 92 valence electrons. The fourth-order valence-corrected chi connectivity index (χ4v) is 1.72. The zero-order valence-corrected chi connectivity index (χ0v) is 10.5. The van der Waals surface area contributed by atoms with Crippen LogP contribution < -0.4 is 9.88 Å². The topological polar surface area (TPSA) is 33.0 Å². The molecule has 1 amide bonds. The Bertz CT molecular complexity index is 506. The molecule has 0 aliphatic heterocycles. The summed E-state index contributed by atoms with van der Waals surface area (Å²) in [6.07, 6.45) is 4.88. The second kappa shape index (κ2) is 5.96. The summed E-state index contributed by atoms with van der Waals surface area (Å²) in [4.78, 5) is 11.8. The van der Waals surface area contributed by atoms with Crippen LogP contribution in [0.2, 0.25) is 0 Å². The summed E-state index contributed by atoms with van der Waals surface area (Å²) < 4.78 is 1.87. The lowest BCUT2D eigenvalue weighted by atomic mass is 10.2. The first kappa shape index (κ1) is 12.3. The number of carbonyl (C=O) groups excluding carboxylic acids is 1. The van der Waals surface area contributed by atoms with E-state index in [0.717, 1.165) is 12.1 Å². The van der Waals surface area contributed by atoms with Gasteiger partial charge in [-0.3, -0.25) is 4.79 Å². The van der Waals surface area contributed by atoms with Crippen LogP contribution in [0.15, 0.2) is 54.9 Å². The Kier molecular flexibility index (Phi) is 4.07. The Balaban J connectivity index is 1.94. The van der Waals surface area contributed by atoms with Crippen molar-refractivity contribution < 1.29 is 9.36 Å². The minimum atomic E-state index is -0.0181. The molecule has 1 N–H and O–H groups in total. The van der Waals surface area contributed by atoms with Crippen molar-refractivity contribution in [3.05, 3.63) is 60.4 Å². The Labute approximate surface area is 107 Å². The van der Waals surface area contributed by atoms with Crippen molar-refractivity contribution in [1.82, 2.24) is 0 Å². The van der Waals surface area contributed by atoms with Crippen LogP contribution in [-0.2, 0) is 17.8 Å². The summed E-state index contributed by atoms with van der Waals surface area (Å²) >= 11 is 0. The zero-order chi connectivity index (χ0) is 12.8. The van der Waals surface area contributed by atoms with Crippen molar-refractivity contribution >= 4 is 11.6 Å². The molecule has 0 spiro atoms. The van der Waals surface area contributed by atoms with Gasteiger partial charge < -0.3 is 5.32 Å². The van der Waals surface area contributed by atoms with Crippen LogP contribution in [-0.4, -0.2) is 5.91 Å². The van der Waals surface area contributed by atoms with E-state index in [1.54, 1.807) is 0 Å². The van der Waals surface area contributed by atoms with E-state index in [-0.39, 0.29) is 5.91 Å². The lowest BCUT2D eigenvalue weighted by molar-refractivity contribution is -0.684. The van der Waals surface area contributed by atoms with Gasteiger partial charge in [-0.05, 0) is 24.1 Å². The predicted molar refractivity (Wildman–Crippen MR) is 71.1 cm³/mol. The quantitative estimate of drug-likeness (QED) is 0.818. The number of para-hydroxylation sites is 1. The molecule has 3 heteroatoms. The first-order valence-electron chi connectivity index (χ1n) is 6.11. The molecule has 1 aromatic heterocycles. The highest BCUT2D eigenvalue weighted by Crippen LogP contribution is 2.04. The number of aryl methyl sites for hydroxylation is 1. The van der Waals surface area contributed by atoms with Crippen LogP contribution in [0.3, 0.4) is 0 Å². The molecule has 0 aliphatic rings. The van der Waals surface area contributed by atoms with Crippen LogP contribution in [0, 0.1) is 0 Å². The van der Waals surface area contributed by atoms with Crippen molar-refractivity contribution in [2.75, 3.05) is 5.32 Å². The van der Waals surface area contributed by atoms with Crippen molar-refractivity contribution in [3.8, 4) is 0 Å². The van der Waals surface area contributed by atoms with E-state index in [0.29, 0.717) is 6.54 Å². The highest BCUT2D eigenvalue weighted by atomic mass is 16.1. The lowest BCUT2D eigenvalue weighted by Crippen LogP contribution is -2.39. The summed E-state index contributed by atoms with van der Waals surface area (Å²) in [6, 6.07) is 13.6. The number of rotatable bonds is 4. The van der Waals surface area contributed by atoms with E-state index in [2.05, 4.69) is 12.2 Å². The van der Waals surface area contributed by atoms with Crippen LogP contribution in [0.25, 0.3) is 0 Å². The molecule has 0 fully saturated rings. The van der Waals surface area contributed by atoms with E-state index < -0.39 is 0 Å². The molecule has 1 heterocycles. The average molecular weight is 241 g/mol. The summed E-state index contributed by atoms with van der Waals surface area (Å²) in [5, 5.41) is 2.86. The number of anilines is 1. The van der Waals surface area contributed by atoms with Gasteiger partial charge >= 0.3 is 0 Å². The van der Waals surface area contributed by atoms with E-state index in [9.17, 15) is 4.79 Å². The predicted octanol–water partition coefficient (Wildman–Crippen LogP) is 2.18. The zero-order valence-electron chi connectivity index (χ0n) is 10.5. The normalized spacial score (nSPS) is 10.1. The molecule has 0 saturated carbocycles. The average Bonchev–Trinajstić information content (AvgIpc) is 2.40. The number of hydrogen-bond acceptors (Lipinski definition) is 1. The van der Waals surface area contributed by atoms with E-state index in [1.165, 1.54) is 5.56 Å². The fourth-order valence-electron chi connectivity index (χ4n) is 1.72. The number of benzene rings is 1. The van der Waals surface area contributed by atoms with Gasteiger partial charge in [-0.2, -0.15) is 4.57 Å². The van der Waals surface area contributed by atoms with Crippen LogP contribution in [0.1, 0.15) is 12.5 Å². The molecule has 1 aromatic carbocycles. The lowest BCUT2D eigenvalue weighted by Gasteiger charge is -2.02. The molecule has 0 atom stereocenters. The third kappa shape index (κ3) is 3.42. The first-order valence-corrected chi connectivity index (χ1v) is 6.11. The van der Waals surface area contributed by atoms with Crippen molar-refractivity contribution in [1.29, 1.82) is 0 Å². The third-order valence-corrected chi connectivity index (χ3v) is 2.75. The molecular formula is C15H17N2O+. The summed E-state index contributed by atoms with van der Waals surface area (Å²) in [6.45, 7) is 2.45. The first-order chi connectivity index (χ1) is 8.78. The van der Waals surface area contributed by atoms with Gasteiger partial charge in [0.1, 0.15) is 0 Å². The third-order valence-electron chi connectivity index (χ3n) is 2.75. The molecule has 0 unspecified atom stereocenters. The molecule has 0 saturated heterocycles. The highest BCUT2D eigenvalue weighted by Gasteiger charge is 2.08. The summed E-state index contributed by atoms with van der Waals surface area (Å²) in [7, 11) is 0. The van der Waals surface area contributed by atoms with Gasteiger partial charge in [0, 0.05) is 17.8 Å². The molecule has 2 rings (SSSR count). The monoisotopic (exact) mass is 241 g/mol. The molecule has 0 bridgehead atoms. The van der Waals surface area contributed by atoms with Gasteiger partial charge in [0.2, 0.25) is 6.54 Å². The van der Waals surface area contributed by atoms with Crippen LogP contribution >= 0.6 is 0 Å². The van der Waals surface area contributed by atoms with E-state index in [4.69, 9.17) is 0 Å². The Morgan fingerprint density at radius 1 is 1.11 bits per heavy atom. The maximum atomic E-state index is 11.8. The molecule has 18 heavy (non-hydrogen) atoms. The Morgan fingerprint density at radius 3 is 2.39 bits per heavy atom. The van der Waals surface area contributed by atoms with Gasteiger partial charge in [0.05, 0.1) is 0 Å². The second-order valence-corrected chi connectivity index (χ2v) is 4.15. The minimum absolute atomic E-state index is 0.0181. The molecule has 0 aliphatic carbocycles. The van der Waals surface area contributed by atoms with E-state index >= 15 is 0 Å². The fraction of sp³-hybridized carbons (Fsp3) is 0.200. The number of pyridine rings is 1. The molecule has 3 nitrogen and oxygen atoms in total. The van der Waals surface area contributed by atoms with Crippen LogP contribution in [0.5, 0.6) is 0 Å². The maximum absolute atomic E-state index is 11.8. The SMILES string of the molecule is CCc1cc[n+](CC(=O)Nc2ccccc2)cc1. The van der Waals surface area contributed by atoms with Gasteiger partial charge in [-0.1, -0.05) is 25.1 Å². The van der Waals surface area contributed by atoms with Crippen molar-refractivity contribution in [2.45, 2.75) is 19.9 Å². The Morgan fingerprint density at radius 2 is 1.78 bits per heavy atom. The van der Waals surface area contributed by atoms with Gasteiger partial charge in [-0.25, -0.2) is 0 Å². The number of nitrogens with one attached hydrogen (secondary N) is 1. The second-order valence-electron chi connectivity index (χ2n) is 4.15. The molecule has 0 radical (unpaired) electrons. The maximum Gasteiger partial charge on any atom is 0.290 e. The van der Waals surface area contributed by atoms with Crippen molar-refractivity contribution in [2.24, 2.45) is 0 Å². The van der Waals surface area contributed by atoms with Crippen LogP contribution in [0.4, 0.5) is 5.69 Å². The Hall–Kier alpha value is -2.16. The minimum Gasteiger partial charge on any atom is -0.321 e. The van der Waals surface area contributed by atoms with Gasteiger partial charge in [-0.15, -0.1) is 0 Å². The molecule has 2 aromatic rings.